The molecule has 2 amide bonds. The largest absolute Gasteiger partial charge is 0.330 e. The van der Waals surface area contributed by atoms with E-state index in [4.69, 9.17) is 11.6 Å². The van der Waals surface area contributed by atoms with Gasteiger partial charge in [0, 0.05) is 17.5 Å². The Morgan fingerprint density at radius 1 is 1.21 bits per heavy atom. The molecule has 2 atom stereocenters. The summed E-state index contributed by atoms with van der Waals surface area (Å²) in [5, 5.41) is 1.45. The summed E-state index contributed by atoms with van der Waals surface area (Å²) in [4.78, 5) is 30.7. The van der Waals surface area contributed by atoms with E-state index in [1.54, 1.807) is 23.2 Å². The van der Waals surface area contributed by atoms with Crippen LogP contribution < -0.4 is 0 Å². The van der Waals surface area contributed by atoms with Gasteiger partial charge in [0.15, 0.2) is 0 Å². The summed E-state index contributed by atoms with van der Waals surface area (Å²) in [7, 11) is 0. The Morgan fingerprint density at radius 3 is 2.57 bits per heavy atom. The quantitative estimate of drug-likeness (QED) is 0.675. The number of thiophene rings is 1. The SMILES string of the molecule is Cc1ccccc1[C@H]1c2ccsc2CCN1C(=O)CN(C(=O)[C@@H](C)Cl)C(C)C. The molecule has 3 rings (SSSR count). The second-order valence-electron chi connectivity index (χ2n) is 7.57. The van der Waals surface area contributed by atoms with Gasteiger partial charge in [-0.05, 0) is 62.3 Å². The van der Waals surface area contributed by atoms with Crippen molar-refractivity contribution in [2.75, 3.05) is 13.1 Å². The van der Waals surface area contributed by atoms with Crippen LogP contribution >= 0.6 is 22.9 Å². The Bertz CT molecular complexity index is 862. The summed E-state index contributed by atoms with van der Waals surface area (Å²) < 4.78 is 0. The highest BCUT2D eigenvalue weighted by Crippen LogP contribution is 2.39. The fraction of sp³-hybridized carbons (Fsp3) is 0.455. The van der Waals surface area contributed by atoms with Crippen molar-refractivity contribution in [2.24, 2.45) is 0 Å². The van der Waals surface area contributed by atoms with E-state index in [0.717, 1.165) is 17.5 Å². The number of alkyl halides is 1. The normalized spacial score (nSPS) is 17.4. The lowest BCUT2D eigenvalue weighted by atomic mass is 9.90. The van der Waals surface area contributed by atoms with Crippen LogP contribution in [0.1, 0.15) is 48.4 Å². The predicted octanol–water partition coefficient (Wildman–Crippen LogP) is 4.39. The van der Waals surface area contributed by atoms with Gasteiger partial charge in [-0.15, -0.1) is 22.9 Å². The molecular weight excluding hydrogens is 392 g/mol. The van der Waals surface area contributed by atoms with E-state index in [1.807, 2.05) is 30.9 Å². The molecule has 6 heteroatoms. The first-order valence-electron chi connectivity index (χ1n) is 9.67. The number of hydrogen-bond acceptors (Lipinski definition) is 3. The summed E-state index contributed by atoms with van der Waals surface area (Å²) in [5.41, 5.74) is 3.51. The molecule has 150 valence electrons. The molecule has 1 aliphatic heterocycles. The molecule has 0 bridgehead atoms. The third-order valence-electron chi connectivity index (χ3n) is 5.32. The standard InChI is InChI=1S/C22H27ClN2O2S/c1-14(2)25(22(27)16(4)23)13-20(26)24-11-9-19-18(10-12-28-19)21(24)17-8-6-5-7-15(17)3/h5-8,10,12,14,16,21H,9,11,13H2,1-4H3/t16-,21+/m1/s1. The van der Waals surface area contributed by atoms with Crippen LogP contribution in [0.4, 0.5) is 0 Å². The van der Waals surface area contributed by atoms with Crippen molar-refractivity contribution in [1.29, 1.82) is 0 Å². The molecule has 28 heavy (non-hydrogen) atoms. The predicted molar refractivity (Wildman–Crippen MR) is 115 cm³/mol. The molecule has 0 fully saturated rings. The first-order valence-corrected chi connectivity index (χ1v) is 11.0. The maximum atomic E-state index is 13.4. The molecule has 0 saturated heterocycles. The van der Waals surface area contributed by atoms with Crippen LogP contribution in [-0.4, -0.2) is 46.1 Å². The molecule has 4 nitrogen and oxygen atoms in total. The Labute approximate surface area is 176 Å². The van der Waals surface area contributed by atoms with Gasteiger partial charge in [0.2, 0.25) is 11.8 Å². The topological polar surface area (TPSA) is 40.6 Å². The number of carbonyl (C=O) groups excluding carboxylic acids is 2. The number of aryl methyl sites for hydroxylation is 1. The minimum absolute atomic E-state index is 0.0375. The number of halogens is 1. The number of benzene rings is 1. The van der Waals surface area contributed by atoms with Gasteiger partial charge >= 0.3 is 0 Å². The molecular formula is C22H27ClN2O2S. The summed E-state index contributed by atoms with van der Waals surface area (Å²) in [5.74, 6) is -0.241. The van der Waals surface area contributed by atoms with E-state index in [0.29, 0.717) is 6.54 Å². The molecule has 1 aromatic heterocycles. The van der Waals surface area contributed by atoms with Crippen molar-refractivity contribution in [3.8, 4) is 0 Å². The molecule has 0 spiro atoms. The zero-order chi connectivity index (χ0) is 20.4. The van der Waals surface area contributed by atoms with Crippen molar-refractivity contribution in [1.82, 2.24) is 9.80 Å². The summed E-state index contributed by atoms with van der Waals surface area (Å²) >= 11 is 7.77. The van der Waals surface area contributed by atoms with E-state index in [9.17, 15) is 9.59 Å². The molecule has 0 radical (unpaired) electrons. The lowest BCUT2D eigenvalue weighted by molar-refractivity contribution is -0.142. The van der Waals surface area contributed by atoms with Gasteiger partial charge in [-0.1, -0.05) is 24.3 Å². The number of nitrogens with zero attached hydrogens (tertiary/aromatic N) is 2. The minimum atomic E-state index is -0.646. The van der Waals surface area contributed by atoms with Crippen LogP contribution in [0.3, 0.4) is 0 Å². The van der Waals surface area contributed by atoms with E-state index >= 15 is 0 Å². The summed E-state index contributed by atoms with van der Waals surface area (Å²) in [6.07, 6.45) is 0.850. The highest BCUT2D eigenvalue weighted by atomic mass is 35.5. The third-order valence-corrected chi connectivity index (χ3v) is 6.50. The number of rotatable bonds is 5. The van der Waals surface area contributed by atoms with E-state index in [-0.39, 0.29) is 30.4 Å². The summed E-state index contributed by atoms with van der Waals surface area (Å²) in [6.45, 7) is 8.26. The van der Waals surface area contributed by atoms with Crippen LogP contribution in [0.15, 0.2) is 35.7 Å². The third kappa shape index (κ3) is 4.11. The molecule has 0 unspecified atom stereocenters. The zero-order valence-electron chi connectivity index (χ0n) is 16.8. The molecule has 2 heterocycles. The fourth-order valence-corrected chi connectivity index (χ4v) is 4.82. The molecule has 0 aliphatic carbocycles. The lowest BCUT2D eigenvalue weighted by Gasteiger charge is -2.39. The number of carbonyl (C=O) groups is 2. The van der Waals surface area contributed by atoms with Crippen molar-refractivity contribution < 1.29 is 9.59 Å². The zero-order valence-corrected chi connectivity index (χ0v) is 18.4. The van der Waals surface area contributed by atoms with Crippen molar-refractivity contribution >= 4 is 34.8 Å². The van der Waals surface area contributed by atoms with Gasteiger partial charge < -0.3 is 9.80 Å². The Balaban J connectivity index is 1.94. The molecule has 0 saturated carbocycles. The van der Waals surface area contributed by atoms with Crippen LogP contribution in [0.2, 0.25) is 0 Å². The first kappa shape index (κ1) is 20.9. The highest BCUT2D eigenvalue weighted by Gasteiger charge is 2.35. The van der Waals surface area contributed by atoms with Gasteiger partial charge in [0.1, 0.15) is 11.9 Å². The van der Waals surface area contributed by atoms with Gasteiger partial charge in [-0.2, -0.15) is 0 Å². The summed E-state index contributed by atoms with van der Waals surface area (Å²) in [6, 6.07) is 10.1. The fourth-order valence-electron chi connectivity index (χ4n) is 3.79. The van der Waals surface area contributed by atoms with Gasteiger partial charge in [0.25, 0.3) is 0 Å². The molecule has 2 aromatic rings. The monoisotopic (exact) mass is 418 g/mol. The van der Waals surface area contributed by atoms with Crippen LogP contribution in [-0.2, 0) is 16.0 Å². The van der Waals surface area contributed by atoms with E-state index in [2.05, 4.69) is 30.5 Å². The van der Waals surface area contributed by atoms with Crippen molar-refractivity contribution in [2.45, 2.75) is 51.6 Å². The van der Waals surface area contributed by atoms with Crippen LogP contribution in [0.25, 0.3) is 0 Å². The highest BCUT2D eigenvalue weighted by molar-refractivity contribution is 7.10. The smallest absolute Gasteiger partial charge is 0.243 e. The van der Waals surface area contributed by atoms with E-state index < -0.39 is 5.38 Å². The Morgan fingerprint density at radius 2 is 1.93 bits per heavy atom. The van der Waals surface area contributed by atoms with Crippen molar-refractivity contribution in [3.05, 3.63) is 57.3 Å². The minimum Gasteiger partial charge on any atom is -0.330 e. The van der Waals surface area contributed by atoms with Gasteiger partial charge in [0.05, 0.1) is 6.04 Å². The molecule has 0 N–H and O–H groups in total. The van der Waals surface area contributed by atoms with Crippen LogP contribution in [0.5, 0.6) is 0 Å². The Hall–Kier alpha value is -1.85. The maximum Gasteiger partial charge on any atom is 0.243 e. The number of amides is 2. The average Bonchev–Trinajstić information content (AvgIpc) is 3.13. The lowest BCUT2D eigenvalue weighted by Crippen LogP contribution is -2.50. The van der Waals surface area contributed by atoms with Crippen molar-refractivity contribution in [3.63, 3.8) is 0 Å². The maximum absolute atomic E-state index is 13.4. The number of fused-ring (bicyclic) bond motifs is 1. The Kier molecular flexibility index (Phi) is 6.46. The average molecular weight is 419 g/mol. The second kappa shape index (κ2) is 8.66. The second-order valence-corrected chi connectivity index (χ2v) is 9.23. The first-order chi connectivity index (χ1) is 13.3. The van der Waals surface area contributed by atoms with Gasteiger partial charge in [-0.25, -0.2) is 0 Å². The van der Waals surface area contributed by atoms with Crippen LogP contribution in [0, 0.1) is 6.92 Å². The van der Waals surface area contributed by atoms with E-state index in [1.165, 1.54) is 10.4 Å². The molecule has 1 aromatic carbocycles. The van der Waals surface area contributed by atoms with Gasteiger partial charge in [-0.3, -0.25) is 9.59 Å². The number of hydrogen-bond donors (Lipinski definition) is 0. The molecule has 1 aliphatic rings.